The van der Waals surface area contributed by atoms with E-state index in [9.17, 15) is 4.79 Å². The summed E-state index contributed by atoms with van der Waals surface area (Å²) in [5.74, 6) is -0.00107. The van der Waals surface area contributed by atoms with Crippen molar-refractivity contribution in [3.05, 3.63) is 34.7 Å². The molecule has 0 atom stereocenters. The number of nitrogens with one attached hydrogen (secondary N) is 1. The Labute approximate surface area is 135 Å². The third-order valence-corrected chi connectivity index (χ3v) is 4.81. The van der Waals surface area contributed by atoms with Crippen LogP contribution in [-0.4, -0.2) is 10.9 Å². The van der Waals surface area contributed by atoms with Crippen LogP contribution >= 0.6 is 11.3 Å². The molecule has 4 heteroatoms. The zero-order valence-corrected chi connectivity index (χ0v) is 14.2. The number of carbonyl (C=O) groups excluding carboxylic acids is 1. The number of fused-ring (bicyclic) bond motifs is 1. The lowest BCUT2D eigenvalue weighted by Crippen LogP contribution is -2.27. The Morgan fingerprint density at radius 1 is 1.18 bits per heavy atom. The predicted molar refractivity (Wildman–Crippen MR) is 92.3 cm³/mol. The van der Waals surface area contributed by atoms with E-state index >= 15 is 0 Å². The van der Waals surface area contributed by atoms with Crippen molar-refractivity contribution in [1.82, 2.24) is 4.98 Å². The van der Waals surface area contributed by atoms with Gasteiger partial charge in [-0.25, -0.2) is 4.98 Å². The van der Waals surface area contributed by atoms with Gasteiger partial charge in [0.2, 0.25) is 5.91 Å². The maximum Gasteiger partial charge on any atom is 0.231 e. The van der Waals surface area contributed by atoms with Gasteiger partial charge in [-0.05, 0) is 42.9 Å². The molecule has 3 rings (SSSR count). The third kappa shape index (κ3) is 3.22. The number of amides is 1. The van der Waals surface area contributed by atoms with E-state index in [0.29, 0.717) is 5.13 Å². The number of benzene rings is 1. The highest BCUT2D eigenvalue weighted by Gasteiger charge is 2.22. The molecule has 0 aliphatic heterocycles. The molecule has 1 aromatic heterocycles. The number of hydrogen-bond acceptors (Lipinski definition) is 3. The van der Waals surface area contributed by atoms with E-state index in [1.54, 1.807) is 0 Å². The Morgan fingerprint density at radius 3 is 2.64 bits per heavy atom. The number of carbonyl (C=O) groups is 1. The van der Waals surface area contributed by atoms with E-state index in [1.165, 1.54) is 48.1 Å². The highest BCUT2D eigenvalue weighted by Crippen LogP contribution is 2.30. The lowest BCUT2D eigenvalue weighted by Gasteiger charge is -2.16. The van der Waals surface area contributed by atoms with Gasteiger partial charge < -0.3 is 5.32 Å². The molecule has 22 heavy (non-hydrogen) atoms. The molecule has 0 unspecified atom stereocenters. The molecular weight excluding hydrogens is 292 g/mol. The average molecular weight is 314 g/mol. The summed E-state index contributed by atoms with van der Waals surface area (Å²) >= 11 is 1.48. The summed E-state index contributed by atoms with van der Waals surface area (Å²) in [6.07, 6.45) is 4.94. The van der Waals surface area contributed by atoms with Crippen molar-refractivity contribution in [1.29, 1.82) is 0 Å². The zero-order chi connectivity index (χ0) is 15.7. The van der Waals surface area contributed by atoms with Crippen LogP contribution in [0.25, 0.3) is 11.3 Å². The molecule has 1 aliphatic carbocycles. The fourth-order valence-electron chi connectivity index (χ4n) is 2.64. The second-order valence-corrected chi connectivity index (χ2v) is 7.79. The van der Waals surface area contributed by atoms with Crippen molar-refractivity contribution in [2.24, 2.45) is 5.41 Å². The van der Waals surface area contributed by atoms with Crippen molar-refractivity contribution in [2.75, 3.05) is 5.32 Å². The highest BCUT2D eigenvalue weighted by atomic mass is 32.1. The van der Waals surface area contributed by atoms with Gasteiger partial charge in [0.25, 0.3) is 0 Å². The number of anilines is 1. The molecule has 0 bridgehead atoms. The monoisotopic (exact) mass is 314 g/mol. The van der Waals surface area contributed by atoms with E-state index in [1.807, 2.05) is 26.2 Å². The fraction of sp³-hybridized carbons (Fsp3) is 0.444. The molecule has 1 aliphatic rings. The minimum absolute atomic E-state index is 0.00107. The number of rotatable bonds is 2. The second-order valence-electron chi connectivity index (χ2n) is 6.93. The predicted octanol–water partition coefficient (Wildman–Crippen LogP) is 4.67. The summed E-state index contributed by atoms with van der Waals surface area (Å²) in [4.78, 5) is 16.6. The average Bonchev–Trinajstić information content (AvgIpc) is 2.94. The maximum absolute atomic E-state index is 12.0. The van der Waals surface area contributed by atoms with Crippen LogP contribution in [0.1, 0.15) is 44.7 Å². The molecule has 1 N–H and O–H groups in total. The van der Waals surface area contributed by atoms with E-state index < -0.39 is 5.41 Å². The van der Waals surface area contributed by atoms with Gasteiger partial charge in [-0.1, -0.05) is 32.9 Å². The van der Waals surface area contributed by atoms with Crippen molar-refractivity contribution < 1.29 is 4.79 Å². The largest absolute Gasteiger partial charge is 0.302 e. The third-order valence-electron chi connectivity index (χ3n) is 4.05. The van der Waals surface area contributed by atoms with Gasteiger partial charge in [0.15, 0.2) is 5.13 Å². The molecule has 2 aromatic rings. The summed E-state index contributed by atoms with van der Waals surface area (Å²) in [6.45, 7) is 5.71. The molecule has 0 spiro atoms. The number of thiazole rings is 1. The number of hydrogen-bond donors (Lipinski definition) is 1. The molecule has 0 radical (unpaired) electrons. The normalized spacial score (nSPS) is 14.5. The minimum Gasteiger partial charge on any atom is -0.302 e. The second kappa shape index (κ2) is 5.84. The first kappa shape index (κ1) is 15.2. The molecule has 1 heterocycles. The molecule has 1 aromatic carbocycles. The summed E-state index contributed by atoms with van der Waals surface area (Å²) in [6, 6.07) is 6.64. The summed E-state index contributed by atoms with van der Waals surface area (Å²) in [7, 11) is 0. The Balaban J connectivity index is 1.80. The maximum atomic E-state index is 12.0. The highest BCUT2D eigenvalue weighted by molar-refractivity contribution is 7.14. The Hall–Kier alpha value is -1.68. The Bertz CT molecular complexity index is 697. The van der Waals surface area contributed by atoms with Crippen LogP contribution in [-0.2, 0) is 17.6 Å². The smallest absolute Gasteiger partial charge is 0.231 e. The van der Waals surface area contributed by atoms with E-state index in [2.05, 4.69) is 28.5 Å². The van der Waals surface area contributed by atoms with Gasteiger partial charge in [0.05, 0.1) is 5.69 Å². The minimum atomic E-state index is -0.405. The standard InChI is InChI=1S/C18H22N2OS/c1-18(2,3)16(21)20-17-19-15(11-22-17)14-9-8-12-6-4-5-7-13(12)10-14/h8-11H,4-7H2,1-3H3,(H,19,20,21). The first-order valence-corrected chi connectivity index (χ1v) is 8.70. The SMILES string of the molecule is CC(C)(C)C(=O)Nc1nc(-c2ccc3c(c2)CCCC3)cs1. The Kier molecular flexibility index (Phi) is 4.04. The van der Waals surface area contributed by atoms with Gasteiger partial charge in [-0.15, -0.1) is 11.3 Å². The van der Waals surface area contributed by atoms with Crippen LogP contribution in [0.4, 0.5) is 5.13 Å². The van der Waals surface area contributed by atoms with E-state index in [-0.39, 0.29) is 5.91 Å². The van der Waals surface area contributed by atoms with Gasteiger partial charge in [-0.3, -0.25) is 4.79 Å². The fourth-order valence-corrected chi connectivity index (χ4v) is 3.36. The van der Waals surface area contributed by atoms with Crippen LogP contribution in [0.5, 0.6) is 0 Å². The lowest BCUT2D eigenvalue weighted by atomic mass is 9.90. The van der Waals surface area contributed by atoms with Gasteiger partial charge in [-0.2, -0.15) is 0 Å². The van der Waals surface area contributed by atoms with Crippen LogP contribution in [0, 0.1) is 5.41 Å². The summed E-state index contributed by atoms with van der Waals surface area (Å²) < 4.78 is 0. The molecular formula is C18H22N2OS. The van der Waals surface area contributed by atoms with Gasteiger partial charge in [0, 0.05) is 16.4 Å². The number of aryl methyl sites for hydroxylation is 2. The zero-order valence-electron chi connectivity index (χ0n) is 13.4. The van der Waals surface area contributed by atoms with Crippen LogP contribution in [0.15, 0.2) is 23.6 Å². The summed E-state index contributed by atoms with van der Waals surface area (Å²) in [5, 5.41) is 5.59. The first-order chi connectivity index (χ1) is 10.4. The van der Waals surface area contributed by atoms with Gasteiger partial charge in [0.1, 0.15) is 0 Å². The van der Waals surface area contributed by atoms with Crippen molar-refractivity contribution in [3.63, 3.8) is 0 Å². The van der Waals surface area contributed by atoms with E-state index in [0.717, 1.165) is 11.3 Å². The molecule has 116 valence electrons. The van der Waals surface area contributed by atoms with Gasteiger partial charge >= 0.3 is 0 Å². The van der Waals surface area contributed by atoms with Crippen LogP contribution < -0.4 is 5.32 Å². The molecule has 0 saturated carbocycles. The Morgan fingerprint density at radius 2 is 1.91 bits per heavy atom. The lowest BCUT2D eigenvalue weighted by molar-refractivity contribution is -0.123. The first-order valence-electron chi connectivity index (χ1n) is 7.82. The molecule has 0 saturated heterocycles. The quantitative estimate of drug-likeness (QED) is 0.875. The van der Waals surface area contributed by atoms with Crippen LogP contribution in [0.2, 0.25) is 0 Å². The number of aromatic nitrogens is 1. The number of nitrogens with zero attached hydrogens (tertiary/aromatic N) is 1. The molecule has 3 nitrogen and oxygen atoms in total. The topological polar surface area (TPSA) is 42.0 Å². The van der Waals surface area contributed by atoms with Crippen molar-refractivity contribution in [3.8, 4) is 11.3 Å². The van der Waals surface area contributed by atoms with Crippen molar-refractivity contribution >= 4 is 22.4 Å². The van der Waals surface area contributed by atoms with Crippen LogP contribution in [0.3, 0.4) is 0 Å². The summed E-state index contributed by atoms with van der Waals surface area (Å²) in [5.41, 5.74) is 4.62. The van der Waals surface area contributed by atoms with Crippen molar-refractivity contribution in [2.45, 2.75) is 46.5 Å². The van der Waals surface area contributed by atoms with E-state index in [4.69, 9.17) is 0 Å². The molecule has 0 fully saturated rings. The molecule has 1 amide bonds.